The number of carbonyl (C=O) groups is 1. The fraction of sp³-hybridized carbons (Fsp3) is 0.350. The number of benzene rings is 1. The number of pyridine rings is 1. The Morgan fingerprint density at radius 1 is 1.25 bits per heavy atom. The van der Waals surface area contributed by atoms with Gasteiger partial charge in [-0.1, -0.05) is 12.1 Å². The molecule has 1 aliphatic carbocycles. The molecule has 0 atom stereocenters. The molecule has 3 aromatic rings. The minimum absolute atomic E-state index is 0.0916. The first-order valence-electron chi connectivity index (χ1n) is 9.24. The lowest BCUT2D eigenvalue weighted by molar-refractivity contribution is 0.102. The first-order chi connectivity index (χ1) is 13.3. The van der Waals surface area contributed by atoms with E-state index in [1.807, 2.05) is 24.6 Å². The van der Waals surface area contributed by atoms with Gasteiger partial charge >= 0.3 is 0 Å². The SMILES string of the molecule is CC(C)n1ncc2c(C(=O)Nc3ccccc3S(C)(=O)=O)cc(C3CC3)nc21. The lowest BCUT2D eigenvalue weighted by atomic mass is 10.1. The average molecular weight is 398 g/mol. The van der Waals surface area contributed by atoms with Crippen molar-refractivity contribution in [3.05, 3.63) is 47.8 Å². The maximum atomic E-state index is 13.1. The predicted octanol–water partition coefficient (Wildman–Crippen LogP) is 3.55. The minimum atomic E-state index is -3.47. The molecule has 8 heteroatoms. The number of hydrogen-bond donors (Lipinski definition) is 1. The third kappa shape index (κ3) is 3.40. The fourth-order valence-electron chi connectivity index (χ4n) is 3.27. The number of para-hydroxylation sites is 1. The molecule has 0 radical (unpaired) electrons. The van der Waals surface area contributed by atoms with Gasteiger partial charge in [-0.25, -0.2) is 18.1 Å². The second-order valence-corrected chi connectivity index (χ2v) is 9.50. The summed E-state index contributed by atoms with van der Waals surface area (Å²) in [5.41, 5.74) is 2.30. The smallest absolute Gasteiger partial charge is 0.256 e. The number of hydrogen-bond acceptors (Lipinski definition) is 5. The van der Waals surface area contributed by atoms with Crippen LogP contribution in [-0.2, 0) is 9.84 Å². The summed E-state index contributed by atoms with van der Waals surface area (Å²) in [6.45, 7) is 4.03. The van der Waals surface area contributed by atoms with Crippen LogP contribution in [0.15, 0.2) is 41.4 Å². The molecular weight excluding hydrogens is 376 g/mol. The zero-order valence-electron chi connectivity index (χ0n) is 16.0. The van der Waals surface area contributed by atoms with Gasteiger partial charge in [-0.15, -0.1) is 0 Å². The highest BCUT2D eigenvalue weighted by Gasteiger charge is 2.28. The Morgan fingerprint density at radius 3 is 2.61 bits per heavy atom. The van der Waals surface area contributed by atoms with Crippen molar-refractivity contribution in [3.63, 3.8) is 0 Å². The lowest BCUT2D eigenvalue weighted by Gasteiger charge is -2.12. The third-order valence-corrected chi connectivity index (χ3v) is 6.01. The highest BCUT2D eigenvalue weighted by molar-refractivity contribution is 7.90. The number of nitrogens with one attached hydrogen (secondary N) is 1. The third-order valence-electron chi connectivity index (χ3n) is 4.85. The predicted molar refractivity (Wildman–Crippen MR) is 107 cm³/mol. The van der Waals surface area contributed by atoms with Gasteiger partial charge in [0.1, 0.15) is 0 Å². The van der Waals surface area contributed by atoms with Crippen molar-refractivity contribution >= 4 is 32.5 Å². The summed E-state index contributed by atoms with van der Waals surface area (Å²) in [5.74, 6) is 0.00322. The van der Waals surface area contributed by atoms with E-state index in [1.54, 1.807) is 24.4 Å². The highest BCUT2D eigenvalue weighted by Crippen LogP contribution is 2.40. The Hall–Kier alpha value is -2.74. The maximum Gasteiger partial charge on any atom is 0.256 e. The van der Waals surface area contributed by atoms with E-state index in [9.17, 15) is 13.2 Å². The standard InChI is InChI=1S/C20H22N4O3S/c1-12(2)24-19-15(11-21-24)14(10-17(22-19)13-8-9-13)20(25)23-16-6-4-5-7-18(16)28(3,26)27/h4-7,10-13H,8-9H2,1-3H3,(H,23,25). The maximum absolute atomic E-state index is 13.1. The Balaban J connectivity index is 1.80. The Labute approximate surface area is 163 Å². The van der Waals surface area contributed by atoms with Crippen LogP contribution < -0.4 is 5.32 Å². The molecule has 2 aromatic heterocycles. The number of anilines is 1. The highest BCUT2D eigenvalue weighted by atomic mass is 32.2. The Bertz CT molecular complexity index is 1180. The van der Waals surface area contributed by atoms with Crippen molar-refractivity contribution in [2.24, 2.45) is 0 Å². The molecule has 1 saturated carbocycles. The molecule has 1 aromatic carbocycles. The van der Waals surface area contributed by atoms with Crippen LogP contribution in [0.2, 0.25) is 0 Å². The molecule has 146 valence electrons. The molecule has 1 amide bonds. The van der Waals surface area contributed by atoms with Gasteiger partial charge in [0.05, 0.1) is 27.7 Å². The van der Waals surface area contributed by atoms with Crippen LogP contribution in [0.1, 0.15) is 54.7 Å². The Morgan fingerprint density at radius 2 is 1.96 bits per heavy atom. The number of nitrogens with zero attached hydrogens (tertiary/aromatic N) is 3. The van der Waals surface area contributed by atoms with Gasteiger partial charge in [-0.05, 0) is 44.9 Å². The number of sulfone groups is 1. The molecule has 28 heavy (non-hydrogen) atoms. The molecule has 0 unspecified atom stereocenters. The first kappa shape index (κ1) is 18.6. The van der Waals surface area contributed by atoms with Gasteiger partial charge in [-0.3, -0.25) is 4.79 Å². The van der Waals surface area contributed by atoms with Crippen molar-refractivity contribution in [1.82, 2.24) is 14.8 Å². The van der Waals surface area contributed by atoms with Crippen molar-refractivity contribution in [2.45, 2.75) is 43.5 Å². The van der Waals surface area contributed by atoms with E-state index in [0.717, 1.165) is 24.8 Å². The minimum Gasteiger partial charge on any atom is -0.321 e. The zero-order valence-corrected chi connectivity index (χ0v) is 16.8. The summed E-state index contributed by atoms with van der Waals surface area (Å²) in [7, 11) is -3.47. The molecule has 0 saturated heterocycles. The van der Waals surface area contributed by atoms with Gasteiger partial charge in [0.15, 0.2) is 15.5 Å². The number of aromatic nitrogens is 3. The van der Waals surface area contributed by atoms with Gasteiger partial charge in [0, 0.05) is 23.9 Å². The molecule has 1 N–H and O–H groups in total. The normalized spacial score (nSPS) is 14.6. The summed E-state index contributed by atoms with van der Waals surface area (Å²) in [6, 6.07) is 8.32. The van der Waals surface area contributed by atoms with Crippen molar-refractivity contribution in [1.29, 1.82) is 0 Å². The van der Waals surface area contributed by atoms with Gasteiger partial charge in [-0.2, -0.15) is 5.10 Å². The van der Waals surface area contributed by atoms with Gasteiger partial charge < -0.3 is 5.32 Å². The van der Waals surface area contributed by atoms with Crippen LogP contribution in [0.25, 0.3) is 11.0 Å². The van der Waals surface area contributed by atoms with Crippen LogP contribution in [0, 0.1) is 0 Å². The summed E-state index contributed by atoms with van der Waals surface area (Å²) >= 11 is 0. The van der Waals surface area contributed by atoms with Crippen molar-refractivity contribution < 1.29 is 13.2 Å². The number of rotatable bonds is 5. The monoisotopic (exact) mass is 398 g/mol. The molecule has 1 aliphatic rings. The zero-order chi connectivity index (χ0) is 20.1. The van der Waals surface area contributed by atoms with E-state index >= 15 is 0 Å². The molecule has 2 heterocycles. The topological polar surface area (TPSA) is 94.0 Å². The molecular formula is C20H22N4O3S. The molecule has 4 rings (SSSR count). The van der Waals surface area contributed by atoms with Crippen molar-refractivity contribution in [3.8, 4) is 0 Å². The van der Waals surface area contributed by atoms with E-state index in [-0.39, 0.29) is 22.5 Å². The summed E-state index contributed by atoms with van der Waals surface area (Å²) < 4.78 is 25.9. The molecule has 0 bridgehead atoms. The first-order valence-corrected chi connectivity index (χ1v) is 11.1. The summed E-state index contributed by atoms with van der Waals surface area (Å²) in [5, 5.41) is 7.83. The van der Waals surface area contributed by atoms with Crippen molar-refractivity contribution in [2.75, 3.05) is 11.6 Å². The number of amides is 1. The van der Waals surface area contributed by atoms with Crippen LogP contribution in [0.4, 0.5) is 5.69 Å². The van der Waals surface area contributed by atoms with E-state index in [2.05, 4.69) is 10.4 Å². The largest absolute Gasteiger partial charge is 0.321 e. The second kappa shape index (κ2) is 6.70. The quantitative estimate of drug-likeness (QED) is 0.709. The molecule has 0 aliphatic heterocycles. The van der Waals surface area contributed by atoms with E-state index < -0.39 is 9.84 Å². The van der Waals surface area contributed by atoms with Crippen LogP contribution in [-0.4, -0.2) is 35.3 Å². The van der Waals surface area contributed by atoms with E-state index in [0.29, 0.717) is 22.5 Å². The number of carbonyl (C=O) groups excluding carboxylic acids is 1. The number of fused-ring (bicyclic) bond motifs is 1. The molecule has 0 spiro atoms. The summed E-state index contributed by atoms with van der Waals surface area (Å²) in [4.78, 5) is 18.0. The van der Waals surface area contributed by atoms with Crippen LogP contribution >= 0.6 is 0 Å². The van der Waals surface area contributed by atoms with Gasteiger partial charge in [0.2, 0.25) is 0 Å². The van der Waals surface area contributed by atoms with Gasteiger partial charge in [0.25, 0.3) is 5.91 Å². The van der Waals surface area contributed by atoms with E-state index in [4.69, 9.17) is 4.98 Å². The average Bonchev–Trinajstić information content (AvgIpc) is 3.39. The lowest BCUT2D eigenvalue weighted by Crippen LogP contribution is -2.16. The van der Waals surface area contributed by atoms with E-state index in [1.165, 1.54) is 6.07 Å². The second-order valence-electron chi connectivity index (χ2n) is 7.51. The van der Waals surface area contributed by atoms with Crippen LogP contribution in [0.5, 0.6) is 0 Å². The molecule has 7 nitrogen and oxygen atoms in total. The molecule has 1 fully saturated rings. The summed E-state index contributed by atoms with van der Waals surface area (Å²) in [6.07, 6.45) is 4.90. The fourth-order valence-corrected chi connectivity index (χ4v) is 4.12. The van der Waals surface area contributed by atoms with Crippen LogP contribution in [0.3, 0.4) is 0 Å². The Kier molecular flexibility index (Phi) is 4.45.